The van der Waals surface area contributed by atoms with Crippen LogP contribution in [0, 0.1) is 0 Å². The van der Waals surface area contributed by atoms with Crippen LogP contribution in [0.3, 0.4) is 0 Å². The van der Waals surface area contributed by atoms with Crippen LogP contribution < -0.4 is 5.32 Å². The SMILES string of the molecule is O=C(/C=C/c1ccc(Cl)c(C(F)(F)F)c1)Nc1ccc(CN2C(=O)CSC2=O)cc1. The van der Waals surface area contributed by atoms with Crippen molar-refractivity contribution in [1.82, 2.24) is 4.90 Å². The van der Waals surface area contributed by atoms with Crippen molar-refractivity contribution in [2.24, 2.45) is 0 Å². The molecular weight excluding hydrogens is 441 g/mol. The van der Waals surface area contributed by atoms with Crippen molar-refractivity contribution in [3.05, 3.63) is 70.3 Å². The number of alkyl halides is 3. The van der Waals surface area contributed by atoms with Gasteiger partial charge in [0.15, 0.2) is 0 Å². The molecular formula is C20H14ClF3N2O3S. The Labute approximate surface area is 178 Å². The van der Waals surface area contributed by atoms with E-state index in [4.69, 9.17) is 11.6 Å². The fraction of sp³-hybridized carbons (Fsp3) is 0.150. The van der Waals surface area contributed by atoms with Crippen molar-refractivity contribution in [3.63, 3.8) is 0 Å². The lowest BCUT2D eigenvalue weighted by molar-refractivity contribution is -0.137. The molecule has 2 aromatic carbocycles. The maximum Gasteiger partial charge on any atom is 0.417 e. The summed E-state index contributed by atoms with van der Waals surface area (Å²) in [5.74, 6) is -0.645. The summed E-state index contributed by atoms with van der Waals surface area (Å²) in [4.78, 5) is 36.4. The predicted octanol–water partition coefficient (Wildman–Crippen LogP) is 5.21. The van der Waals surface area contributed by atoms with Crippen molar-refractivity contribution in [2.45, 2.75) is 12.7 Å². The summed E-state index contributed by atoms with van der Waals surface area (Å²) in [5, 5.41) is 1.87. The van der Waals surface area contributed by atoms with Crippen molar-refractivity contribution >= 4 is 52.2 Å². The summed E-state index contributed by atoms with van der Waals surface area (Å²) in [6.45, 7) is 0.150. The number of rotatable bonds is 5. The molecule has 2 aromatic rings. The summed E-state index contributed by atoms with van der Waals surface area (Å²) in [5.41, 5.74) is 0.369. The summed E-state index contributed by atoms with van der Waals surface area (Å²) < 4.78 is 38.7. The Balaban J connectivity index is 1.61. The monoisotopic (exact) mass is 454 g/mol. The van der Waals surface area contributed by atoms with Crippen LogP contribution in [0.5, 0.6) is 0 Å². The molecule has 1 saturated heterocycles. The van der Waals surface area contributed by atoms with Crippen LogP contribution in [0.1, 0.15) is 16.7 Å². The van der Waals surface area contributed by atoms with Gasteiger partial charge in [-0.25, -0.2) is 0 Å². The van der Waals surface area contributed by atoms with Gasteiger partial charge in [-0.2, -0.15) is 13.2 Å². The maximum atomic E-state index is 12.9. The van der Waals surface area contributed by atoms with E-state index >= 15 is 0 Å². The van der Waals surface area contributed by atoms with Crippen LogP contribution in [-0.4, -0.2) is 27.7 Å². The molecule has 1 fully saturated rings. The fourth-order valence-corrected chi connectivity index (χ4v) is 3.58. The molecule has 0 radical (unpaired) electrons. The first-order valence-electron chi connectivity index (χ1n) is 8.55. The Morgan fingerprint density at radius 1 is 1.17 bits per heavy atom. The van der Waals surface area contributed by atoms with Gasteiger partial charge in [-0.15, -0.1) is 0 Å². The molecule has 1 aliphatic rings. The van der Waals surface area contributed by atoms with E-state index < -0.39 is 22.7 Å². The van der Waals surface area contributed by atoms with Crippen LogP contribution in [0.25, 0.3) is 6.08 Å². The Bertz CT molecular complexity index is 1010. The van der Waals surface area contributed by atoms with Gasteiger partial charge in [-0.3, -0.25) is 19.3 Å². The third-order valence-corrected chi connectivity index (χ3v) is 5.31. The van der Waals surface area contributed by atoms with Gasteiger partial charge in [0, 0.05) is 11.8 Å². The van der Waals surface area contributed by atoms with Crippen LogP contribution in [-0.2, 0) is 22.3 Å². The molecule has 0 spiro atoms. The molecule has 0 atom stereocenters. The highest BCUT2D eigenvalue weighted by Gasteiger charge is 2.33. The van der Waals surface area contributed by atoms with Crippen molar-refractivity contribution in [3.8, 4) is 0 Å². The number of carbonyl (C=O) groups is 3. The normalized spacial score (nSPS) is 14.6. The van der Waals surface area contributed by atoms with E-state index in [1.807, 2.05) is 0 Å². The second kappa shape index (κ2) is 8.93. The van der Waals surface area contributed by atoms with Gasteiger partial charge in [-0.05, 0) is 41.5 Å². The van der Waals surface area contributed by atoms with E-state index in [2.05, 4.69) is 5.32 Å². The Morgan fingerprint density at radius 3 is 2.47 bits per heavy atom. The molecule has 1 heterocycles. The quantitative estimate of drug-likeness (QED) is 0.630. The number of anilines is 1. The number of nitrogens with zero attached hydrogens (tertiary/aromatic N) is 1. The smallest absolute Gasteiger partial charge is 0.323 e. The number of thioether (sulfide) groups is 1. The highest BCUT2D eigenvalue weighted by molar-refractivity contribution is 8.14. The average Bonchev–Trinajstić information content (AvgIpc) is 3.00. The fourth-order valence-electron chi connectivity index (χ4n) is 2.63. The molecule has 10 heteroatoms. The Kier molecular flexibility index (Phi) is 6.52. The standard InChI is InChI=1S/C20H14ClF3N2O3S/c21-16-7-3-12(9-15(16)20(22,23)24)4-8-17(27)25-14-5-1-13(2-6-14)10-26-18(28)11-30-19(26)29/h1-9H,10-11H2,(H,25,27)/b8-4+. The van der Waals surface area contributed by atoms with Crippen LogP contribution in [0.2, 0.25) is 5.02 Å². The topological polar surface area (TPSA) is 66.5 Å². The minimum Gasteiger partial charge on any atom is -0.323 e. The number of imide groups is 1. The zero-order valence-corrected chi connectivity index (χ0v) is 16.8. The summed E-state index contributed by atoms with van der Waals surface area (Å²) in [7, 11) is 0. The molecule has 3 amide bonds. The van der Waals surface area contributed by atoms with Crippen LogP contribution in [0.15, 0.2) is 48.5 Å². The van der Waals surface area contributed by atoms with E-state index in [0.717, 1.165) is 34.9 Å². The van der Waals surface area contributed by atoms with Gasteiger partial charge in [0.25, 0.3) is 5.24 Å². The van der Waals surface area contributed by atoms with Crippen molar-refractivity contribution < 1.29 is 27.6 Å². The lowest BCUT2D eigenvalue weighted by atomic mass is 10.1. The Morgan fingerprint density at radius 2 is 1.87 bits per heavy atom. The first-order chi connectivity index (χ1) is 14.1. The first-order valence-corrected chi connectivity index (χ1v) is 9.92. The van der Waals surface area contributed by atoms with E-state index in [-0.39, 0.29) is 29.0 Å². The van der Waals surface area contributed by atoms with Gasteiger partial charge < -0.3 is 5.32 Å². The average molecular weight is 455 g/mol. The zero-order chi connectivity index (χ0) is 21.9. The number of carbonyl (C=O) groups excluding carboxylic acids is 3. The van der Waals surface area contributed by atoms with E-state index in [0.29, 0.717) is 11.3 Å². The molecule has 0 unspecified atom stereocenters. The molecule has 0 aromatic heterocycles. The maximum absolute atomic E-state index is 12.9. The minimum atomic E-state index is -4.59. The number of nitrogens with one attached hydrogen (secondary N) is 1. The van der Waals surface area contributed by atoms with Gasteiger partial charge in [0.2, 0.25) is 11.8 Å². The number of benzene rings is 2. The van der Waals surface area contributed by atoms with Crippen molar-refractivity contribution in [2.75, 3.05) is 11.1 Å². The molecule has 0 aliphatic carbocycles. The largest absolute Gasteiger partial charge is 0.417 e. The second-order valence-corrected chi connectivity index (χ2v) is 7.62. The third kappa shape index (κ3) is 5.43. The highest BCUT2D eigenvalue weighted by atomic mass is 35.5. The number of halogens is 4. The predicted molar refractivity (Wildman–Crippen MR) is 109 cm³/mol. The zero-order valence-electron chi connectivity index (χ0n) is 15.2. The number of hydrogen-bond acceptors (Lipinski definition) is 4. The molecule has 5 nitrogen and oxygen atoms in total. The molecule has 3 rings (SSSR count). The molecule has 0 bridgehead atoms. The Hall–Kier alpha value is -2.78. The van der Waals surface area contributed by atoms with E-state index in [9.17, 15) is 27.6 Å². The van der Waals surface area contributed by atoms with Crippen LogP contribution >= 0.6 is 23.4 Å². The minimum absolute atomic E-state index is 0.136. The first kappa shape index (κ1) is 21.9. The lowest BCUT2D eigenvalue weighted by Gasteiger charge is -2.13. The third-order valence-electron chi connectivity index (χ3n) is 4.13. The molecule has 30 heavy (non-hydrogen) atoms. The van der Waals surface area contributed by atoms with Gasteiger partial charge >= 0.3 is 6.18 Å². The second-order valence-electron chi connectivity index (χ2n) is 6.29. The van der Waals surface area contributed by atoms with Crippen LogP contribution in [0.4, 0.5) is 23.7 Å². The number of hydrogen-bond donors (Lipinski definition) is 1. The number of amides is 3. The summed E-state index contributed by atoms with van der Waals surface area (Å²) in [6, 6.07) is 9.88. The summed E-state index contributed by atoms with van der Waals surface area (Å²) >= 11 is 6.52. The lowest BCUT2D eigenvalue weighted by Crippen LogP contribution is -2.27. The summed E-state index contributed by atoms with van der Waals surface area (Å²) in [6.07, 6.45) is -2.23. The molecule has 0 saturated carbocycles. The van der Waals surface area contributed by atoms with E-state index in [1.165, 1.54) is 12.1 Å². The molecule has 156 valence electrons. The van der Waals surface area contributed by atoms with Crippen molar-refractivity contribution in [1.29, 1.82) is 0 Å². The molecule has 1 N–H and O–H groups in total. The van der Waals surface area contributed by atoms with Gasteiger partial charge in [-0.1, -0.05) is 41.6 Å². The highest BCUT2D eigenvalue weighted by Crippen LogP contribution is 2.35. The molecule has 1 aliphatic heterocycles. The van der Waals surface area contributed by atoms with E-state index in [1.54, 1.807) is 24.3 Å². The van der Waals surface area contributed by atoms with Gasteiger partial charge in [0.1, 0.15) is 0 Å². The van der Waals surface area contributed by atoms with Gasteiger partial charge in [0.05, 0.1) is 22.9 Å².